The summed E-state index contributed by atoms with van der Waals surface area (Å²) in [5.41, 5.74) is 2.84. The van der Waals surface area contributed by atoms with E-state index in [0.717, 1.165) is 22.4 Å². The van der Waals surface area contributed by atoms with Gasteiger partial charge in [-0.3, -0.25) is 4.98 Å². The molecule has 6 heteroatoms. The molecule has 3 aromatic rings. The second-order valence-corrected chi connectivity index (χ2v) is 5.44. The molecule has 102 valence electrons. The summed E-state index contributed by atoms with van der Waals surface area (Å²) in [6.45, 7) is 0.666. The highest BCUT2D eigenvalue weighted by Crippen LogP contribution is 2.29. The molecule has 0 unspecified atom stereocenters. The Bertz CT molecular complexity index is 753. The summed E-state index contributed by atoms with van der Waals surface area (Å²) >= 11 is 18.1. The smallest absolute Gasteiger partial charge is 0.125 e. The predicted molar refractivity (Wildman–Crippen MR) is 82.6 cm³/mol. The third kappa shape index (κ3) is 2.49. The fourth-order valence-corrected chi connectivity index (χ4v) is 2.64. The predicted octanol–water partition coefficient (Wildman–Crippen LogP) is 4.53. The third-order valence-electron chi connectivity index (χ3n) is 3.08. The van der Waals surface area contributed by atoms with Gasteiger partial charge in [0.05, 0.1) is 27.0 Å². The zero-order chi connectivity index (χ0) is 14.1. The van der Waals surface area contributed by atoms with E-state index in [1.807, 2.05) is 22.8 Å². The number of rotatable bonds is 3. The minimum Gasteiger partial charge on any atom is -0.322 e. The first-order valence-electron chi connectivity index (χ1n) is 5.98. The van der Waals surface area contributed by atoms with Crippen LogP contribution in [0, 0.1) is 0 Å². The normalized spacial score (nSPS) is 11.2. The van der Waals surface area contributed by atoms with Crippen LogP contribution < -0.4 is 0 Å². The molecular weight excluding hydrogens is 317 g/mol. The van der Waals surface area contributed by atoms with Crippen LogP contribution in [-0.2, 0) is 12.4 Å². The maximum Gasteiger partial charge on any atom is 0.125 e. The third-order valence-corrected chi connectivity index (χ3v) is 4.04. The summed E-state index contributed by atoms with van der Waals surface area (Å²) < 4.78 is 2.04. The lowest BCUT2D eigenvalue weighted by molar-refractivity contribution is 0.777. The van der Waals surface area contributed by atoms with Crippen molar-refractivity contribution >= 4 is 45.8 Å². The van der Waals surface area contributed by atoms with E-state index < -0.39 is 0 Å². The molecule has 20 heavy (non-hydrogen) atoms. The van der Waals surface area contributed by atoms with Crippen LogP contribution in [0.1, 0.15) is 11.4 Å². The molecule has 0 atom stereocenters. The quantitative estimate of drug-likeness (QED) is 0.662. The van der Waals surface area contributed by atoms with E-state index in [4.69, 9.17) is 34.8 Å². The number of halogens is 3. The Morgan fingerprint density at radius 2 is 1.75 bits per heavy atom. The lowest BCUT2D eigenvalue weighted by atomic mass is 10.2. The average Bonchev–Trinajstić information content (AvgIpc) is 2.78. The Morgan fingerprint density at radius 3 is 2.45 bits per heavy atom. The van der Waals surface area contributed by atoms with Gasteiger partial charge in [-0.15, -0.1) is 11.6 Å². The van der Waals surface area contributed by atoms with Gasteiger partial charge in [0.2, 0.25) is 0 Å². The molecule has 3 nitrogen and oxygen atoms in total. The highest BCUT2D eigenvalue weighted by molar-refractivity contribution is 6.42. The van der Waals surface area contributed by atoms with Crippen LogP contribution in [0.3, 0.4) is 0 Å². The average molecular weight is 327 g/mol. The minimum atomic E-state index is 0.328. The molecule has 0 aliphatic heterocycles. The van der Waals surface area contributed by atoms with Gasteiger partial charge in [-0.1, -0.05) is 23.2 Å². The van der Waals surface area contributed by atoms with Gasteiger partial charge in [-0.2, -0.15) is 0 Å². The number of alkyl halides is 1. The number of benzene rings is 1. The Hall–Kier alpha value is -1.29. The van der Waals surface area contributed by atoms with E-state index in [-0.39, 0.29) is 0 Å². The molecule has 2 aromatic heterocycles. The summed E-state index contributed by atoms with van der Waals surface area (Å²) in [6.07, 6.45) is 3.53. The van der Waals surface area contributed by atoms with Crippen LogP contribution in [0.5, 0.6) is 0 Å². The van der Waals surface area contributed by atoms with Crippen LogP contribution in [-0.4, -0.2) is 14.5 Å². The van der Waals surface area contributed by atoms with Gasteiger partial charge in [-0.25, -0.2) is 4.98 Å². The number of imidazole rings is 1. The molecule has 0 N–H and O–H groups in total. The number of nitrogens with zero attached hydrogens (tertiary/aromatic N) is 3. The molecule has 0 bridgehead atoms. The van der Waals surface area contributed by atoms with Crippen LogP contribution in [0.25, 0.3) is 11.0 Å². The molecule has 0 saturated carbocycles. The molecule has 0 saturated heterocycles. The first kappa shape index (κ1) is 13.7. The van der Waals surface area contributed by atoms with Crippen molar-refractivity contribution in [2.75, 3.05) is 0 Å². The van der Waals surface area contributed by atoms with Crippen molar-refractivity contribution in [2.24, 2.45) is 0 Å². The van der Waals surface area contributed by atoms with E-state index in [1.165, 1.54) is 0 Å². The molecular formula is C14H10Cl3N3. The second kappa shape index (κ2) is 5.60. The Balaban J connectivity index is 2.15. The monoisotopic (exact) mass is 325 g/mol. The SMILES string of the molecule is ClCc1nc2cc(Cl)c(Cl)cc2n1Cc1ccncc1. The Morgan fingerprint density at radius 1 is 1.05 bits per heavy atom. The van der Waals surface area contributed by atoms with Crippen molar-refractivity contribution in [3.63, 3.8) is 0 Å². The number of aromatic nitrogens is 3. The van der Waals surface area contributed by atoms with Gasteiger partial charge in [-0.05, 0) is 29.8 Å². The van der Waals surface area contributed by atoms with Crippen molar-refractivity contribution in [3.05, 3.63) is 58.1 Å². The summed E-state index contributed by atoms with van der Waals surface area (Å²) in [6, 6.07) is 7.50. The molecule has 0 spiro atoms. The van der Waals surface area contributed by atoms with Crippen molar-refractivity contribution in [1.29, 1.82) is 0 Å². The largest absolute Gasteiger partial charge is 0.322 e. The zero-order valence-corrected chi connectivity index (χ0v) is 12.6. The van der Waals surface area contributed by atoms with Gasteiger partial charge in [0.15, 0.2) is 0 Å². The highest BCUT2D eigenvalue weighted by Gasteiger charge is 2.12. The van der Waals surface area contributed by atoms with E-state index in [2.05, 4.69) is 9.97 Å². The van der Waals surface area contributed by atoms with Crippen molar-refractivity contribution in [1.82, 2.24) is 14.5 Å². The number of pyridine rings is 1. The lowest BCUT2D eigenvalue weighted by Crippen LogP contribution is -2.03. The fraction of sp³-hybridized carbons (Fsp3) is 0.143. The van der Waals surface area contributed by atoms with E-state index in [0.29, 0.717) is 22.5 Å². The van der Waals surface area contributed by atoms with Crippen molar-refractivity contribution in [2.45, 2.75) is 12.4 Å². The molecule has 0 aliphatic carbocycles. The van der Waals surface area contributed by atoms with Crippen molar-refractivity contribution < 1.29 is 0 Å². The summed E-state index contributed by atoms with van der Waals surface area (Å²) in [5, 5.41) is 1.00. The molecule has 2 heterocycles. The van der Waals surface area contributed by atoms with E-state index in [9.17, 15) is 0 Å². The van der Waals surface area contributed by atoms with Crippen molar-refractivity contribution in [3.8, 4) is 0 Å². The summed E-state index contributed by atoms with van der Waals surface area (Å²) in [7, 11) is 0. The van der Waals surface area contributed by atoms with Gasteiger partial charge in [0.25, 0.3) is 0 Å². The standard InChI is InChI=1S/C14H10Cl3N3/c15-7-14-19-12-5-10(16)11(17)6-13(12)20(14)8-9-1-3-18-4-2-9/h1-6H,7-8H2. The molecule has 0 fully saturated rings. The number of fused-ring (bicyclic) bond motifs is 1. The molecule has 0 radical (unpaired) electrons. The van der Waals surface area contributed by atoms with Crippen LogP contribution in [0.2, 0.25) is 10.0 Å². The summed E-state index contributed by atoms with van der Waals surface area (Å²) in [4.78, 5) is 8.52. The molecule has 0 amide bonds. The van der Waals surface area contributed by atoms with Gasteiger partial charge >= 0.3 is 0 Å². The summed E-state index contributed by atoms with van der Waals surface area (Å²) in [5.74, 6) is 1.12. The van der Waals surface area contributed by atoms with Gasteiger partial charge < -0.3 is 4.57 Å². The van der Waals surface area contributed by atoms with Crippen LogP contribution in [0.4, 0.5) is 0 Å². The van der Waals surface area contributed by atoms with Gasteiger partial charge in [0.1, 0.15) is 5.82 Å². The first-order chi connectivity index (χ1) is 9.69. The maximum atomic E-state index is 6.10. The van der Waals surface area contributed by atoms with E-state index >= 15 is 0 Å². The Labute approximate surface area is 131 Å². The maximum absolute atomic E-state index is 6.10. The minimum absolute atomic E-state index is 0.328. The Kier molecular flexibility index (Phi) is 3.83. The number of hydrogen-bond acceptors (Lipinski definition) is 2. The lowest BCUT2D eigenvalue weighted by Gasteiger charge is -2.08. The van der Waals surface area contributed by atoms with Crippen LogP contribution in [0.15, 0.2) is 36.7 Å². The number of hydrogen-bond donors (Lipinski definition) is 0. The highest BCUT2D eigenvalue weighted by atomic mass is 35.5. The zero-order valence-electron chi connectivity index (χ0n) is 10.4. The molecule has 1 aromatic carbocycles. The van der Waals surface area contributed by atoms with Crippen LogP contribution >= 0.6 is 34.8 Å². The second-order valence-electron chi connectivity index (χ2n) is 4.36. The topological polar surface area (TPSA) is 30.7 Å². The van der Waals surface area contributed by atoms with Gasteiger partial charge in [0, 0.05) is 18.9 Å². The molecule has 3 rings (SSSR count). The fourth-order valence-electron chi connectivity index (χ4n) is 2.12. The first-order valence-corrected chi connectivity index (χ1v) is 7.27. The molecule has 0 aliphatic rings. The van der Waals surface area contributed by atoms with E-state index in [1.54, 1.807) is 18.5 Å².